The van der Waals surface area contributed by atoms with Gasteiger partial charge in [0.2, 0.25) is 0 Å². The van der Waals surface area contributed by atoms with E-state index < -0.39 is 11.5 Å². The molecule has 0 spiro atoms. The number of fused-ring (bicyclic) bond motifs is 1. The first-order valence-electron chi connectivity index (χ1n) is 10.8. The van der Waals surface area contributed by atoms with Gasteiger partial charge in [0.05, 0.1) is 12.0 Å². The second-order valence-corrected chi connectivity index (χ2v) is 9.05. The highest BCUT2D eigenvalue weighted by atomic mass is 35.5. The molecule has 0 radical (unpaired) electrons. The molecule has 1 unspecified atom stereocenters. The highest BCUT2D eigenvalue weighted by molar-refractivity contribution is 6.36. The molecular weight excluding hydrogens is 473 g/mol. The Kier molecular flexibility index (Phi) is 5.75. The van der Waals surface area contributed by atoms with Crippen LogP contribution >= 0.6 is 23.2 Å². The van der Waals surface area contributed by atoms with E-state index in [1.807, 2.05) is 41.9 Å². The normalized spacial score (nSPS) is 16.8. The number of carboxylic acids is 1. The first-order chi connectivity index (χ1) is 16.4. The van der Waals surface area contributed by atoms with Crippen LogP contribution < -0.4 is 5.32 Å². The predicted molar refractivity (Wildman–Crippen MR) is 132 cm³/mol. The topological polar surface area (TPSA) is 92.9 Å². The molecule has 3 heterocycles. The molecule has 0 aliphatic carbocycles. The van der Waals surface area contributed by atoms with Gasteiger partial charge in [0.25, 0.3) is 0 Å². The molecule has 0 saturated heterocycles. The maximum Gasteiger partial charge on any atom is 0.306 e. The Labute approximate surface area is 206 Å². The van der Waals surface area contributed by atoms with E-state index in [2.05, 4.69) is 15.4 Å². The molecule has 1 atom stereocenters. The van der Waals surface area contributed by atoms with Gasteiger partial charge in [0.15, 0.2) is 11.6 Å². The number of carboxylic acid groups (broad SMARTS) is 1. The summed E-state index contributed by atoms with van der Waals surface area (Å²) in [7, 11) is 0. The fraction of sp³-hybridized carbons (Fsp3) is 0.200. The second-order valence-electron chi connectivity index (χ2n) is 8.24. The first-order valence-corrected chi connectivity index (χ1v) is 11.6. The van der Waals surface area contributed by atoms with Crippen LogP contribution in [0.25, 0.3) is 22.8 Å². The summed E-state index contributed by atoms with van der Waals surface area (Å²) in [6.07, 6.45) is 3.70. The van der Waals surface area contributed by atoms with Gasteiger partial charge in [-0.2, -0.15) is 5.10 Å². The van der Waals surface area contributed by atoms with Crippen molar-refractivity contribution in [2.24, 2.45) is 0 Å². The van der Waals surface area contributed by atoms with E-state index in [0.717, 1.165) is 28.2 Å². The van der Waals surface area contributed by atoms with Crippen molar-refractivity contribution in [1.82, 2.24) is 19.7 Å². The molecule has 2 N–H and O–H groups in total. The minimum absolute atomic E-state index is 0.170. The SMILES string of the molecule is CCn1nc(-c2cccnc2)nc1-c1ccc2c(c1)CC(CC(=O)O)(c1c(Cl)cccc1Cl)N2. The van der Waals surface area contributed by atoms with Crippen molar-refractivity contribution in [3.05, 3.63) is 82.1 Å². The van der Waals surface area contributed by atoms with Gasteiger partial charge in [-0.3, -0.25) is 9.78 Å². The highest BCUT2D eigenvalue weighted by Gasteiger charge is 2.43. The van der Waals surface area contributed by atoms with E-state index in [1.165, 1.54) is 0 Å². The zero-order valence-electron chi connectivity index (χ0n) is 18.3. The van der Waals surface area contributed by atoms with Gasteiger partial charge in [-0.1, -0.05) is 29.3 Å². The third-order valence-corrected chi connectivity index (χ3v) is 6.64. The maximum absolute atomic E-state index is 11.9. The molecule has 1 aliphatic heterocycles. The van der Waals surface area contributed by atoms with E-state index in [9.17, 15) is 9.90 Å². The number of aromatic nitrogens is 4. The van der Waals surface area contributed by atoms with Gasteiger partial charge >= 0.3 is 5.97 Å². The van der Waals surface area contributed by atoms with Crippen LogP contribution in [0.15, 0.2) is 60.9 Å². The number of benzene rings is 2. The van der Waals surface area contributed by atoms with Crippen LogP contribution in [-0.4, -0.2) is 30.8 Å². The molecule has 9 heteroatoms. The summed E-state index contributed by atoms with van der Waals surface area (Å²) < 4.78 is 1.85. The number of nitrogens with zero attached hydrogens (tertiary/aromatic N) is 4. The molecule has 5 rings (SSSR count). The summed E-state index contributed by atoms with van der Waals surface area (Å²) in [5.41, 5.74) is 3.17. The Hall–Kier alpha value is -3.42. The number of nitrogens with one attached hydrogen (secondary N) is 1. The molecule has 0 amide bonds. The van der Waals surface area contributed by atoms with Crippen molar-refractivity contribution in [2.45, 2.75) is 31.8 Å². The molecule has 2 aromatic heterocycles. The van der Waals surface area contributed by atoms with Crippen LogP contribution in [0.3, 0.4) is 0 Å². The Morgan fingerprint density at radius 2 is 1.94 bits per heavy atom. The van der Waals surface area contributed by atoms with Gasteiger partial charge in [-0.15, -0.1) is 0 Å². The van der Waals surface area contributed by atoms with Crippen molar-refractivity contribution in [3.8, 4) is 22.8 Å². The quantitative estimate of drug-likeness (QED) is 0.359. The molecule has 7 nitrogen and oxygen atoms in total. The standard InChI is InChI=1S/C25H21Cl2N5O2/c1-2-32-24(29-23(31-32)16-5-4-10-28-14-16)15-8-9-20-17(11-15)12-25(30-20,13-21(33)34)22-18(26)6-3-7-19(22)27/h3-11,14,30H,2,12-13H2,1H3,(H,33,34). The van der Waals surface area contributed by atoms with Crippen molar-refractivity contribution < 1.29 is 9.90 Å². The summed E-state index contributed by atoms with van der Waals surface area (Å²) in [6, 6.07) is 14.9. The minimum atomic E-state index is -0.957. The van der Waals surface area contributed by atoms with Crippen LogP contribution in [-0.2, 0) is 23.3 Å². The van der Waals surface area contributed by atoms with Crippen LogP contribution in [0, 0.1) is 0 Å². The third-order valence-electron chi connectivity index (χ3n) is 6.01. The van der Waals surface area contributed by atoms with E-state index in [-0.39, 0.29) is 6.42 Å². The fourth-order valence-corrected chi connectivity index (χ4v) is 5.34. The largest absolute Gasteiger partial charge is 0.481 e. The van der Waals surface area contributed by atoms with Gasteiger partial charge in [-0.05, 0) is 55.0 Å². The predicted octanol–water partition coefficient (Wildman–Crippen LogP) is 5.67. The summed E-state index contributed by atoms with van der Waals surface area (Å²) in [5.74, 6) is 0.394. The number of aliphatic carboxylic acids is 1. The van der Waals surface area contributed by atoms with Crippen molar-refractivity contribution in [2.75, 3.05) is 5.32 Å². The monoisotopic (exact) mass is 493 g/mol. The Balaban J connectivity index is 1.56. The number of hydrogen-bond donors (Lipinski definition) is 2. The van der Waals surface area contributed by atoms with Gasteiger partial charge < -0.3 is 10.4 Å². The summed E-state index contributed by atoms with van der Waals surface area (Å²) in [6.45, 7) is 2.66. The Bertz CT molecular complexity index is 1370. The number of rotatable bonds is 6. The highest BCUT2D eigenvalue weighted by Crippen LogP contribution is 2.47. The van der Waals surface area contributed by atoms with Crippen LogP contribution in [0.2, 0.25) is 10.0 Å². The molecule has 0 fully saturated rings. The Morgan fingerprint density at radius 1 is 1.15 bits per heavy atom. The van der Waals surface area contributed by atoms with E-state index in [0.29, 0.717) is 34.4 Å². The number of hydrogen-bond acceptors (Lipinski definition) is 5. The molecule has 0 bridgehead atoms. The Morgan fingerprint density at radius 3 is 2.62 bits per heavy atom. The minimum Gasteiger partial charge on any atom is -0.481 e. The van der Waals surface area contributed by atoms with E-state index in [1.54, 1.807) is 30.6 Å². The number of anilines is 1. The van der Waals surface area contributed by atoms with Crippen LogP contribution in [0.4, 0.5) is 5.69 Å². The number of pyridine rings is 1. The van der Waals surface area contributed by atoms with Gasteiger partial charge in [-0.25, -0.2) is 9.67 Å². The van der Waals surface area contributed by atoms with Crippen molar-refractivity contribution in [3.63, 3.8) is 0 Å². The zero-order valence-corrected chi connectivity index (χ0v) is 19.8. The number of halogens is 2. The summed E-state index contributed by atoms with van der Waals surface area (Å²) in [5, 5.41) is 18.6. The first kappa shape index (κ1) is 22.4. The number of carbonyl (C=O) groups is 1. The smallest absolute Gasteiger partial charge is 0.306 e. The lowest BCUT2D eigenvalue weighted by Gasteiger charge is -2.31. The molecule has 4 aromatic rings. The van der Waals surface area contributed by atoms with Gasteiger partial charge in [0.1, 0.15) is 0 Å². The maximum atomic E-state index is 11.9. The van der Waals surface area contributed by atoms with Gasteiger partial charge in [0, 0.05) is 57.8 Å². The third kappa shape index (κ3) is 3.91. The van der Waals surface area contributed by atoms with Crippen molar-refractivity contribution in [1.29, 1.82) is 0 Å². The molecule has 0 saturated carbocycles. The van der Waals surface area contributed by atoms with E-state index >= 15 is 0 Å². The average molecular weight is 494 g/mol. The average Bonchev–Trinajstić information content (AvgIpc) is 3.40. The lowest BCUT2D eigenvalue weighted by Crippen LogP contribution is -2.36. The van der Waals surface area contributed by atoms with Crippen LogP contribution in [0.1, 0.15) is 24.5 Å². The lowest BCUT2D eigenvalue weighted by atomic mass is 9.83. The number of aryl methyl sites for hydroxylation is 1. The zero-order chi connectivity index (χ0) is 23.9. The van der Waals surface area contributed by atoms with E-state index in [4.69, 9.17) is 28.2 Å². The molecule has 2 aromatic carbocycles. The molecule has 34 heavy (non-hydrogen) atoms. The molecular formula is C25H21Cl2N5O2. The lowest BCUT2D eigenvalue weighted by molar-refractivity contribution is -0.138. The fourth-order valence-electron chi connectivity index (χ4n) is 4.58. The summed E-state index contributed by atoms with van der Waals surface area (Å²) in [4.78, 5) is 20.8. The summed E-state index contributed by atoms with van der Waals surface area (Å²) >= 11 is 13.0. The second kappa shape index (κ2) is 8.74. The molecule has 172 valence electrons. The van der Waals surface area contributed by atoms with Crippen LogP contribution in [0.5, 0.6) is 0 Å². The van der Waals surface area contributed by atoms with Crippen molar-refractivity contribution >= 4 is 34.9 Å². The molecule has 1 aliphatic rings.